The van der Waals surface area contributed by atoms with Gasteiger partial charge in [0.05, 0.1) is 12.0 Å². The topological polar surface area (TPSA) is 24.9 Å². The van der Waals surface area contributed by atoms with Crippen molar-refractivity contribution in [3.05, 3.63) is 17.7 Å². The Morgan fingerprint density at radius 3 is 2.60 bits per heavy atom. The van der Waals surface area contributed by atoms with Crippen molar-refractivity contribution in [1.82, 2.24) is 4.98 Å². The highest BCUT2D eigenvalue weighted by molar-refractivity contribution is 7.63. The maximum atomic E-state index is 12.0. The van der Waals surface area contributed by atoms with Gasteiger partial charge in [0.25, 0.3) is 6.43 Å². The normalized spacial score (nSPS) is 11.1. The van der Waals surface area contributed by atoms with Crippen LogP contribution in [-0.2, 0) is 0 Å². The lowest BCUT2D eigenvalue weighted by molar-refractivity contribution is 0.163. The van der Waals surface area contributed by atoms with E-state index in [2.05, 4.69) is 23.6 Å². The SMILES string of the molecule is Cc1ccc(P(C)C)nc1NCC(F)F. The van der Waals surface area contributed by atoms with E-state index >= 15 is 0 Å². The standard InChI is InChI=1S/C10H15F2N2P/c1-7-4-5-9(15(2)3)14-10(7)13-6-8(11)12/h4-5,8H,6H2,1-3H3,(H,13,14). The first-order valence-corrected chi connectivity index (χ1v) is 6.91. The summed E-state index contributed by atoms with van der Waals surface area (Å²) in [5.41, 5.74) is 1.88. The molecule has 0 saturated heterocycles. The number of aryl methyl sites for hydroxylation is 1. The Kier molecular flexibility index (Phi) is 4.40. The van der Waals surface area contributed by atoms with Gasteiger partial charge in [-0.3, -0.25) is 0 Å². The third kappa shape index (κ3) is 3.71. The summed E-state index contributed by atoms with van der Waals surface area (Å²) in [5.74, 6) is 0.573. The van der Waals surface area contributed by atoms with Crippen LogP contribution in [0.15, 0.2) is 12.1 Å². The van der Waals surface area contributed by atoms with Gasteiger partial charge in [-0.25, -0.2) is 13.8 Å². The average molecular weight is 232 g/mol. The fraction of sp³-hybridized carbons (Fsp3) is 0.500. The molecule has 2 nitrogen and oxygen atoms in total. The number of halogens is 2. The number of anilines is 1. The molecule has 0 radical (unpaired) electrons. The molecule has 0 amide bonds. The summed E-state index contributed by atoms with van der Waals surface area (Å²) in [7, 11) is -0.289. The summed E-state index contributed by atoms with van der Waals surface area (Å²) in [6.07, 6.45) is -2.35. The van der Waals surface area contributed by atoms with E-state index in [9.17, 15) is 8.78 Å². The van der Waals surface area contributed by atoms with Crippen molar-refractivity contribution in [2.24, 2.45) is 0 Å². The highest BCUT2D eigenvalue weighted by Crippen LogP contribution is 2.23. The van der Waals surface area contributed by atoms with E-state index in [-0.39, 0.29) is 14.5 Å². The number of alkyl halides is 2. The Balaban J connectivity index is 2.81. The number of aromatic nitrogens is 1. The van der Waals surface area contributed by atoms with Crippen molar-refractivity contribution in [2.45, 2.75) is 13.3 Å². The van der Waals surface area contributed by atoms with E-state index in [0.717, 1.165) is 11.0 Å². The second kappa shape index (κ2) is 5.36. The molecule has 1 N–H and O–H groups in total. The number of hydrogen-bond acceptors (Lipinski definition) is 2. The minimum absolute atomic E-state index is 0.289. The molecule has 1 rings (SSSR count). The molecule has 1 aromatic rings. The molecule has 5 heteroatoms. The maximum Gasteiger partial charge on any atom is 0.255 e. The van der Waals surface area contributed by atoms with E-state index in [0.29, 0.717) is 5.82 Å². The molecule has 0 aliphatic rings. The van der Waals surface area contributed by atoms with E-state index in [1.54, 1.807) is 0 Å². The minimum atomic E-state index is -2.35. The van der Waals surface area contributed by atoms with Gasteiger partial charge in [-0.1, -0.05) is 14.0 Å². The van der Waals surface area contributed by atoms with E-state index in [1.807, 2.05) is 19.1 Å². The number of rotatable bonds is 4. The lowest BCUT2D eigenvalue weighted by atomic mass is 10.3. The fourth-order valence-electron chi connectivity index (χ4n) is 1.12. The first kappa shape index (κ1) is 12.3. The van der Waals surface area contributed by atoms with E-state index in [4.69, 9.17) is 0 Å². The van der Waals surface area contributed by atoms with Crippen molar-refractivity contribution in [2.75, 3.05) is 25.2 Å². The molecule has 0 aliphatic heterocycles. The first-order valence-electron chi connectivity index (χ1n) is 4.67. The number of pyridine rings is 1. The van der Waals surface area contributed by atoms with Crippen molar-refractivity contribution >= 4 is 19.2 Å². The molecule has 84 valence electrons. The highest BCUT2D eigenvalue weighted by Gasteiger charge is 2.07. The fourth-order valence-corrected chi connectivity index (χ4v) is 1.79. The second-order valence-corrected chi connectivity index (χ2v) is 5.75. The minimum Gasteiger partial charge on any atom is -0.364 e. The molecule has 0 bridgehead atoms. The Morgan fingerprint density at radius 1 is 1.40 bits per heavy atom. The van der Waals surface area contributed by atoms with Gasteiger partial charge in [0.2, 0.25) is 0 Å². The van der Waals surface area contributed by atoms with Crippen molar-refractivity contribution in [3.63, 3.8) is 0 Å². The summed E-state index contributed by atoms with van der Waals surface area (Å²) in [6, 6.07) is 3.87. The predicted octanol–water partition coefficient (Wildman–Crippen LogP) is 2.43. The zero-order valence-corrected chi connectivity index (χ0v) is 9.98. The Labute approximate surface area is 89.9 Å². The van der Waals surface area contributed by atoms with Crippen LogP contribution in [0.5, 0.6) is 0 Å². The second-order valence-electron chi connectivity index (χ2n) is 3.50. The lowest BCUT2D eigenvalue weighted by Crippen LogP contribution is -2.16. The van der Waals surface area contributed by atoms with Crippen LogP contribution >= 0.6 is 7.92 Å². The van der Waals surface area contributed by atoms with E-state index < -0.39 is 6.43 Å². The monoisotopic (exact) mass is 232 g/mol. The van der Waals surface area contributed by atoms with Gasteiger partial charge in [-0.2, -0.15) is 0 Å². The molecule has 0 spiro atoms. The Morgan fingerprint density at radius 2 is 2.07 bits per heavy atom. The van der Waals surface area contributed by atoms with Crippen LogP contribution in [0.25, 0.3) is 0 Å². The molecule has 0 saturated carbocycles. The van der Waals surface area contributed by atoms with E-state index in [1.165, 1.54) is 0 Å². The molecule has 1 aromatic heterocycles. The largest absolute Gasteiger partial charge is 0.364 e. The Bertz CT molecular complexity index is 329. The quantitative estimate of drug-likeness (QED) is 0.806. The van der Waals surface area contributed by atoms with Gasteiger partial charge in [0.15, 0.2) is 0 Å². The predicted molar refractivity (Wildman–Crippen MR) is 61.9 cm³/mol. The molecule has 0 atom stereocenters. The Hall–Kier alpha value is -0.760. The maximum absolute atomic E-state index is 12.0. The van der Waals surface area contributed by atoms with Gasteiger partial charge >= 0.3 is 0 Å². The average Bonchev–Trinajstić information content (AvgIpc) is 2.16. The number of nitrogens with zero attached hydrogens (tertiary/aromatic N) is 1. The summed E-state index contributed by atoms with van der Waals surface area (Å²) >= 11 is 0. The molecular weight excluding hydrogens is 217 g/mol. The molecule has 1 heterocycles. The number of nitrogens with one attached hydrogen (secondary N) is 1. The molecule has 0 fully saturated rings. The summed E-state index contributed by atoms with van der Waals surface area (Å²) in [4.78, 5) is 4.33. The molecule has 0 aliphatic carbocycles. The van der Waals surface area contributed by atoms with Crippen LogP contribution in [0, 0.1) is 6.92 Å². The van der Waals surface area contributed by atoms with Crippen LogP contribution in [0.1, 0.15) is 5.56 Å². The van der Waals surface area contributed by atoms with Crippen molar-refractivity contribution in [1.29, 1.82) is 0 Å². The third-order valence-electron chi connectivity index (χ3n) is 1.96. The van der Waals surface area contributed by atoms with Gasteiger partial charge in [0, 0.05) is 0 Å². The molecule has 0 unspecified atom stereocenters. The zero-order chi connectivity index (χ0) is 11.4. The first-order chi connectivity index (χ1) is 7.00. The van der Waals surface area contributed by atoms with Crippen LogP contribution in [0.4, 0.5) is 14.6 Å². The summed E-state index contributed by atoms with van der Waals surface area (Å²) in [6.45, 7) is 5.69. The highest BCUT2D eigenvalue weighted by atomic mass is 31.1. The van der Waals surface area contributed by atoms with Crippen LogP contribution in [0.2, 0.25) is 0 Å². The van der Waals surface area contributed by atoms with Crippen molar-refractivity contribution < 1.29 is 8.78 Å². The zero-order valence-electron chi connectivity index (χ0n) is 9.09. The van der Waals surface area contributed by atoms with Gasteiger partial charge in [-0.15, -0.1) is 0 Å². The van der Waals surface area contributed by atoms with Crippen LogP contribution in [0.3, 0.4) is 0 Å². The van der Waals surface area contributed by atoms with Crippen molar-refractivity contribution in [3.8, 4) is 0 Å². The van der Waals surface area contributed by atoms with Crippen LogP contribution in [-0.4, -0.2) is 31.3 Å². The lowest BCUT2D eigenvalue weighted by Gasteiger charge is -2.11. The van der Waals surface area contributed by atoms with Crippen LogP contribution < -0.4 is 10.8 Å². The molecular formula is C10H15F2N2P. The third-order valence-corrected chi connectivity index (χ3v) is 3.13. The van der Waals surface area contributed by atoms with Gasteiger partial charge < -0.3 is 5.32 Å². The number of hydrogen-bond donors (Lipinski definition) is 1. The smallest absolute Gasteiger partial charge is 0.255 e. The van der Waals surface area contributed by atoms with Gasteiger partial charge in [-0.05, 0) is 31.9 Å². The summed E-state index contributed by atoms with van der Waals surface area (Å²) < 4.78 is 24.1. The van der Waals surface area contributed by atoms with Gasteiger partial charge in [0.1, 0.15) is 5.82 Å². The summed E-state index contributed by atoms with van der Waals surface area (Å²) in [5, 5.41) is 2.66. The molecule has 15 heavy (non-hydrogen) atoms. The molecule has 0 aromatic carbocycles.